The van der Waals surface area contributed by atoms with Gasteiger partial charge >= 0.3 is 0 Å². The summed E-state index contributed by atoms with van der Waals surface area (Å²) in [6, 6.07) is 4.47. The molecule has 0 aliphatic heterocycles. The topological polar surface area (TPSA) is 109 Å². The van der Waals surface area contributed by atoms with Crippen molar-refractivity contribution >= 4 is 33.9 Å². The predicted molar refractivity (Wildman–Crippen MR) is 115 cm³/mol. The summed E-state index contributed by atoms with van der Waals surface area (Å²) in [7, 11) is 1.59. The van der Waals surface area contributed by atoms with E-state index in [0.717, 1.165) is 18.7 Å². The maximum atomic E-state index is 13.4. The van der Waals surface area contributed by atoms with E-state index >= 15 is 0 Å². The molecular formula is C22H23FN6O2. The number of aromatic nitrogens is 4. The molecule has 3 N–H and O–H groups in total. The van der Waals surface area contributed by atoms with Crippen LogP contribution in [0.25, 0.3) is 22.1 Å². The number of rotatable bonds is 6. The van der Waals surface area contributed by atoms with Gasteiger partial charge in [0, 0.05) is 25.4 Å². The Morgan fingerprint density at radius 3 is 2.81 bits per heavy atom. The molecule has 160 valence electrons. The lowest BCUT2D eigenvalue weighted by Crippen LogP contribution is -2.21. The monoisotopic (exact) mass is 422 g/mol. The average molecular weight is 422 g/mol. The second-order valence-corrected chi connectivity index (χ2v) is 8.31. The van der Waals surface area contributed by atoms with Gasteiger partial charge in [-0.2, -0.15) is 4.98 Å². The molecule has 0 unspecified atom stereocenters. The summed E-state index contributed by atoms with van der Waals surface area (Å²) >= 11 is 0. The van der Waals surface area contributed by atoms with Crippen molar-refractivity contribution < 1.29 is 13.6 Å². The molecule has 5 rings (SSSR count). The van der Waals surface area contributed by atoms with Crippen LogP contribution in [0, 0.1) is 12.7 Å². The fourth-order valence-corrected chi connectivity index (χ4v) is 3.74. The number of nitrogens with one attached hydrogen (secondary N) is 3. The van der Waals surface area contributed by atoms with Crippen LogP contribution in [0.5, 0.6) is 0 Å². The fourth-order valence-electron chi connectivity index (χ4n) is 3.74. The van der Waals surface area contributed by atoms with Gasteiger partial charge in [-0.25, -0.2) is 14.4 Å². The molecule has 1 amide bonds. The first-order valence-corrected chi connectivity index (χ1v) is 10.3. The molecule has 4 aromatic rings. The number of hydrogen-bond acceptors (Lipinski definition) is 6. The molecule has 3 aromatic heterocycles. The first-order chi connectivity index (χ1) is 14.8. The number of H-pyrrole nitrogens is 1. The van der Waals surface area contributed by atoms with Crippen molar-refractivity contribution in [2.45, 2.75) is 45.1 Å². The average Bonchev–Trinajstić information content (AvgIpc) is 3.17. The normalized spacial score (nSPS) is 14.8. The van der Waals surface area contributed by atoms with Crippen molar-refractivity contribution in [3.63, 3.8) is 0 Å². The molecule has 1 fully saturated rings. The SMILES string of the molecule is CNC(=O)c1c(C)oc2nc(CCc3nc4ccc(F)cc4[nH]3)nc(NC3(C)CC3)c12. The Morgan fingerprint density at radius 2 is 2.06 bits per heavy atom. The zero-order chi connectivity index (χ0) is 21.8. The van der Waals surface area contributed by atoms with E-state index in [4.69, 9.17) is 9.40 Å². The summed E-state index contributed by atoms with van der Waals surface area (Å²) in [6.45, 7) is 3.88. The largest absolute Gasteiger partial charge is 0.442 e. The van der Waals surface area contributed by atoms with Crippen LogP contribution >= 0.6 is 0 Å². The highest BCUT2D eigenvalue weighted by atomic mass is 19.1. The Morgan fingerprint density at radius 1 is 1.26 bits per heavy atom. The zero-order valence-electron chi connectivity index (χ0n) is 17.6. The van der Waals surface area contributed by atoms with E-state index < -0.39 is 0 Å². The Balaban J connectivity index is 1.50. The third kappa shape index (κ3) is 3.60. The minimum absolute atomic E-state index is 0.0352. The van der Waals surface area contributed by atoms with Gasteiger partial charge in [-0.3, -0.25) is 4.79 Å². The number of carbonyl (C=O) groups excluding carboxylic acids is 1. The van der Waals surface area contributed by atoms with Gasteiger partial charge in [0.2, 0.25) is 5.71 Å². The van der Waals surface area contributed by atoms with Gasteiger partial charge in [-0.15, -0.1) is 0 Å². The first kappa shape index (κ1) is 19.5. The lowest BCUT2D eigenvalue weighted by molar-refractivity contribution is 0.0963. The summed E-state index contributed by atoms with van der Waals surface area (Å²) in [5, 5.41) is 6.75. The maximum Gasteiger partial charge on any atom is 0.255 e. The van der Waals surface area contributed by atoms with Crippen molar-refractivity contribution in [3.05, 3.63) is 47.0 Å². The first-order valence-electron chi connectivity index (χ1n) is 10.3. The fraction of sp³-hybridized carbons (Fsp3) is 0.364. The number of nitrogens with zero attached hydrogens (tertiary/aromatic N) is 3. The second kappa shape index (κ2) is 7.04. The Labute approximate surface area is 177 Å². The molecule has 1 aromatic carbocycles. The Bertz CT molecular complexity index is 1320. The Hall–Kier alpha value is -3.49. The third-order valence-electron chi connectivity index (χ3n) is 5.73. The zero-order valence-corrected chi connectivity index (χ0v) is 17.6. The molecule has 0 spiro atoms. The molecule has 1 aliphatic rings. The van der Waals surface area contributed by atoms with E-state index in [1.54, 1.807) is 20.0 Å². The lowest BCUT2D eigenvalue weighted by atomic mass is 10.1. The lowest BCUT2D eigenvalue weighted by Gasteiger charge is -2.14. The highest BCUT2D eigenvalue weighted by Gasteiger charge is 2.38. The number of fused-ring (bicyclic) bond motifs is 2. The Kier molecular flexibility index (Phi) is 4.42. The van der Waals surface area contributed by atoms with Crippen LogP contribution in [-0.4, -0.2) is 38.4 Å². The molecule has 31 heavy (non-hydrogen) atoms. The number of aromatic amines is 1. The smallest absolute Gasteiger partial charge is 0.255 e. The van der Waals surface area contributed by atoms with Crippen LogP contribution in [0.1, 0.15) is 47.5 Å². The highest BCUT2D eigenvalue weighted by Crippen LogP contribution is 2.40. The van der Waals surface area contributed by atoms with Crippen molar-refractivity contribution in [2.24, 2.45) is 0 Å². The number of furan rings is 1. The number of aryl methyl sites for hydroxylation is 3. The number of benzene rings is 1. The molecule has 1 saturated carbocycles. The van der Waals surface area contributed by atoms with Gasteiger partial charge < -0.3 is 20.0 Å². The number of imidazole rings is 1. The molecule has 9 heteroatoms. The van der Waals surface area contributed by atoms with E-state index in [1.807, 2.05) is 0 Å². The molecule has 0 radical (unpaired) electrons. The molecule has 3 heterocycles. The van der Waals surface area contributed by atoms with E-state index in [2.05, 4.69) is 32.5 Å². The molecule has 0 saturated heterocycles. The van der Waals surface area contributed by atoms with Crippen LogP contribution in [0.15, 0.2) is 22.6 Å². The van der Waals surface area contributed by atoms with Gasteiger partial charge in [0.15, 0.2) is 0 Å². The molecular weight excluding hydrogens is 399 g/mol. The van der Waals surface area contributed by atoms with Gasteiger partial charge in [-0.05, 0) is 44.9 Å². The van der Waals surface area contributed by atoms with E-state index in [9.17, 15) is 9.18 Å². The van der Waals surface area contributed by atoms with Crippen LogP contribution in [0.4, 0.5) is 10.2 Å². The molecule has 8 nitrogen and oxygen atoms in total. The number of halogens is 1. The number of amides is 1. The number of carbonyl (C=O) groups is 1. The molecule has 0 atom stereocenters. The van der Waals surface area contributed by atoms with Crippen LogP contribution < -0.4 is 10.6 Å². The summed E-state index contributed by atoms with van der Waals surface area (Å²) < 4.78 is 19.3. The van der Waals surface area contributed by atoms with Gasteiger partial charge in [0.05, 0.1) is 22.0 Å². The van der Waals surface area contributed by atoms with E-state index in [0.29, 0.717) is 57.9 Å². The second-order valence-electron chi connectivity index (χ2n) is 8.31. The van der Waals surface area contributed by atoms with E-state index in [1.165, 1.54) is 12.1 Å². The standard InChI is InChI=1S/C22H23FN6O2/c1-11-17(20(30)24-3)18-19(29-22(2)8-9-22)27-16(28-21(18)31-11)7-6-15-25-13-5-4-12(23)10-14(13)26-15/h4-5,10H,6-9H2,1-3H3,(H,24,30)(H,25,26)(H,27,28,29). The van der Waals surface area contributed by atoms with Gasteiger partial charge in [0.1, 0.15) is 29.0 Å². The summed E-state index contributed by atoms with van der Waals surface area (Å²) in [4.78, 5) is 29.4. The predicted octanol–water partition coefficient (Wildman–Crippen LogP) is 3.66. The molecule has 0 bridgehead atoms. The highest BCUT2D eigenvalue weighted by molar-refractivity contribution is 6.10. The summed E-state index contributed by atoms with van der Waals surface area (Å²) in [6.07, 6.45) is 3.14. The minimum Gasteiger partial charge on any atom is -0.442 e. The van der Waals surface area contributed by atoms with Crippen LogP contribution in [0.3, 0.4) is 0 Å². The van der Waals surface area contributed by atoms with Crippen LogP contribution in [-0.2, 0) is 12.8 Å². The number of anilines is 1. The summed E-state index contributed by atoms with van der Waals surface area (Å²) in [5.74, 6) is 1.90. The van der Waals surface area contributed by atoms with Crippen molar-refractivity contribution in [2.75, 3.05) is 12.4 Å². The molecule has 1 aliphatic carbocycles. The third-order valence-corrected chi connectivity index (χ3v) is 5.73. The summed E-state index contributed by atoms with van der Waals surface area (Å²) in [5.41, 5.74) is 2.18. The quantitative estimate of drug-likeness (QED) is 0.438. The van der Waals surface area contributed by atoms with Gasteiger partial charge in [0.25, 0.3) is 5.91 Å². The van der Waals surface area contributed by atoms with E-state index in [-0.39, 0.29) is 17.3 Å². The van der Waals surface area contributed by atoms with Crippen molar-refractivity contribution in [3.8, 4) is 0 Å². The van der Waals surface area contributed by atoms with Crippen LogP contribution in [0.2, 0.25) is 0 Å². The maximum absolute atomic E-state index is 13.4. The van der Waals surface area contributed by atoms with Crippen molar-refractivity contribution in [1.29, 1.82) is 0 Å². The minimum atomic E-state index is -0.305. The van der Waals surface area contributed by atoms with Crippen molar-refractivity contribution in [1.82, 2.24) is 25.3 Å². The number of hydrogen-bond donors (Lipinski definition) is 3. The van der Waals surface area contributed by atoms with Gasteiger partial charge in [-0.1, -0.05) is 0 Å².